The molecular formula is C17H13N3O. The van der Waals surface area contributed by atoms with Gasteiger partial charge in [-0.1, -0.05) is 60.7 Å². The Morgan fingerprint density at radius 3 is 2.29 bits per heavy atom. The number of amides is 1. The fraction of sp³-hybridized carbons (Fsp3) is 0.0588. The second-order valence-electron chi connectivity index (χ2n) is 5.04. The highest BCUT2D eigenvalue weighted by molar-refractivity contribution is 6.00. The number of carbonyl (C=O) groups excluding carboxylic acids is 1. The lowest BCUT2D eigenvalue weighted by Crippen LogP contribution is -2.21. The number of aromatic amines is 1. The van der Waals surface area contributed by atoms with Crippen LogP contribution in [0.3, 0.4) is 0 Å². The summed E-state index contributed by atoms with van der Waals surface area (Å²) in [5.41, 5.74) is 4.38. The minimum Gasteiger partial charge on any atom is -0.340 e. The molecule has 2 aromatic carbocycles. The van der Waals surface area contributed by atoms with Crippen LogP contribution >= 0.6 is 0 Å². The third-order valence-corrected chi connectivity index (χ3v) is 3.78. The molecule has 0 radical (unpaired) electrons. The van der Waals surface area contributed by atoms with Crippen LogP contribution in [0.25, 0.3) is 11.3 Å². The molecule has 0 saturated carbocycles. The summed E-state index contributed by atoms with van der Waals surface area (Å²) < 4.78 is 0. The van der Waals surface area contributed by atoms with E-state index in [-0.39, 0.29) is 11.9 Å². The van der Waals surface area contributed by atoms with E-state index in [0.717, 1.165) is 22.4 Å². The summed E-state index contributed by atoms with van der Waals surface area (Å²) in [6.45, 7) is 0. The molecule has 21 heavy (non-hydrogen) atoms. The van der Waals surface area contributed by atoms with Crippen molar-refractivity contribution in [1.29, 1.82) is 0 Å². The van der Waals surface area contributed by atoms with Gasteiger partial charge in [-0.15, -0.1) is 0 Å². The number of nitrogens with one attached hydrogen (secondary N) is 2. The van der Waals surface area contributed by atoms with Gasteiger partial charge >= 0.3 is 0 Å². The van der Waals surface area contributed by atoms with Crippen molar-refractivity contribution < 1.29 is 4.79 Å². The van der Waals surface area contributed by atoms with Crippen molar-refractivity contribution in [2.75, 3.05) is 0 Å². The molecule has 1 atom stereocenters. The van der Waals surface area contributed by atoms with E-state index in [2.05, 4.69) is 15.5 Å². The molecule has 0 fully saturated rings. The van der Waals surface area contributed by atoms with Gasteiger partial charge in [0.25, 0.3) is 5.91 Å². The Bertz CT molecular complexity index is 793. The predicted octanol–water partition coefficient (Wildman–Crippen LogP) is 2.91. The van der Waals surface area contributed by atoms with Crippen LogP contribution in [0.4, 0.5) is 0 Å². The topological polar surface area (TPSA) is 57.8 Å². The van der Waals surface area contributed by atoms with Crippen LogP contribution < -0.4 is 5.32 Å². The molecule has 1 aromatic heterocycles. The van der Waals surface area contributed by atoms with Gasteiger partial charge in [-0.05, 0) is 5.56 Å². The molecule has 4 heteroatoms. The molecule has 0 spiro atoms. The standard InChI is InChI=1S/C17H13N3O/c21-17-16-13(14(18-17)11-7-3-1-4-8-11)15(19-20-16)12-9-5-2-6-10-12/h1-10,14H,(H,18,21)(H,19,20)/t14-/m1/s1. The largest absolute Gasteiger partial charge is 0.340 e. The maximum Gasteiger partial charge on any atom is 0.270 e. The first-order valence-corrected chi connectivity index (χ1v) is 6.84. The minimum atomic E-state index is -0.150. The van der Waals surface area contributed by atoms with Crippen LogP contribution in [0, 0.1) is 0 Å². The van der Waals surface area contributed by atoms with Gasteiger partial charge < -0.3 is 5.32 Å². The first kappa shape index (κ1) is 11.9. The van der Waals surface area contributed by atoms with Gasteiger partial charge in [-0.2, -0.15) is 5.10 Å². The average Bonchev–Trinajstić information content (AvgIpc) is 3.11. The molecule has 2 N–H and O–H groups in total. The van der Waals surface area contributed by atoms with Gasteiger partial charge in [0.2, 0.25) is 0 Å². The molecule has 102 valence electrons. The van der Waals surface area contributed by atoms with Gasteiger partial charge in [0, 0.05) is 11.1 Å². The number of benzene rings is 2. The van der Waals surface area contributed by atoms with Gasteiger partial charge in [-0.3, -0.25) is 9.89 Å². The second kappa shape index (κ2) is 4.59. The number of hydrogen-bond acceptors (Lipinski definition) is 2. The molecule has 1 aliphatic rings. The first-order valence-electron chi connectivity index (χ1n) is 6.84. The van der Waals surface area contributed by atoms with Gasteiger partial charge in [-0.25, -0.2) is 0 Å². The SMILES string of the molecule is O=C1N[C@H](c2ccccc2)c2c(-c3ccccc3)n[nH]c21. The van der Waals surface area contributed by atoms with Crippen LogP contribution in [0.5, 0.6) is 0 Å². The molecule has 3 aromatic rings. The number of fused-ring (bicyclic) bond motifs is 1. The zero-order chi connectivity index (χ0) is 14.2. The summed E-state index contributed by atoms with van der Waals surface area (Å²) >= 11 is 0. The Kier molecular flexibility index (Phi) is 2.60. The molecule has 0 bridgehead atoms. The summed E-state index contributed by atoms with van der Waals surface area (Å²) in [5.74, 6) is -0.103. The van der Waals surface area contributed by atoms with Crippen molar-refractivity contribution in [1.82, 2.24) is 15.5 Å². The quantitative estimate of drug-likeness (QED) is 0.755. The molecule has 2 heterocycles. The van der Waals surface area contributed by atoms with E-state index < -0.39 is 0 Å². The monoisotopic (exact) mass is 275 g/mol. The van der Waals surface area contributed by atoms with Gasteiger partial charge in [0.15, 0.2) is 0 Å². The van der Waals surface area contributed by atoms with Crippen molar-refractivity contribution in [2.24, 2.45) is 0 Å². The summed E-state index contributed by atoms with van der Waals surface area (Å²) in [5, 5.41) is 10.2. The Labute approximate surface area is 121 Å². The lowest BCUT2D eigenvalue weighted by Gasteiger charge is -2.13. The number of aromatic nitrogens is 2. The molecule has 1 amide bonds. The maximum absolute atomic E-state index is 12.1. The lowest BCUT2D eigenvalue weighted by molar-refractivity contribution is 0.0955. The zero-order valence-electron chi connectivity index (χ0n) is 11.2. The molecule has 4 nitrogen and oxygen atoms in total. The molecule has 0 saturated heterocycles. The van der Waals surface area contributed by atoms with Crippen LogP contribution in [0.15, 0.2) is 60.7 Å². The van der Waals surface area contributed by atoms with Crippen molar-refractivity contribution in [3.8, 4) is 11.3 Å². The van der Waals surface area contributed by atoms with E-state index in [1.54, 1.807) is 0 Å². The number of H-pyrrole nitrogens is 1. The van der Waals surface area contributed by atoms with Crippen LogP contribution in [0.2, 0.25) is 0 Å². The number of hydrogen-bond donors (Lipinski definition) is 2. The summed E-state index contributed by atoms with van der Waals surface area (Å²) in [6, 6.07) is 19.7. The Morgan fingerprint density at radius 2 is 1.57 bits per heavy atom. The van der Waals surface area contributed by atoms with E-state index in [0.29, 0.717) is 5.69 Å². The number of carbonyl (C=O) groups is 1. The van der Waals surface area contributed by atoms with E-state index in [9.17, 15) is 4.79 Å². The van der Waals surface area contributed by atoms with E-state index in [1.807, 2.05) is 60.7 Å². The van der Waals surface area contributed by atoms with Gasteiger partial charge in [0.05, 0.1) is 11.7 Å². The Hall–Kier alpha value is -2.88. The fourth-order valence-electron chi connectivity index (χ4n) is 2.79. The third-order valence-electron chi connectivity index (χ3n) is 3.78. The molecule has 0 aliphatic carbocycles. The molecular weight excluding hydrogens is 262 g/mol. The van der Waals surface area contributed by atoms with Crippen LogP contribution in [-0.2, 0) is 0 Å². The first-order chi connectivity index (χ1) is 10.3. The van der Waals surface area contributed by atoms with Crippen molar-refractivity contribution >= 4 is 5.91 Å². The highest BCUT2D eigenvalue weighted by Gasteiger charge is 2.35. The van der Waals surface area contributed by atoms with Crippen LogP contribution in [-0.4, -0.2) is 16.1 Å². The second-order valence-corrected chi connectivity index (χ2v) is 5.04. The maximum atomic E-state index is 12.1. The smallest absolute Gasteiger partial charge is 0.270 e. The molecule has 0 unspecified atom stereocenters. The highest BCUT2D eigenvalue weighted by atomic mass is 16.2. The predicted molar refractivity (Wildman–Crippen MR) is 79.8 cm³/mol. The third kappa shape index (κ3) is 1.84. The molecule has 4 rings (SSSR count). The molecule has 1 aliphatic heterocycles. The lowest BCUT2D eigenvalue weighted by atomic mass is 9.97. The minimum absolute atomic E-state index is 0.103. The van der Waals surface area contributed by atoms with E-state index in [4.69, 9.17) is 0 Å². The summed E-state index contributed by atoms with van der Waals surface area (Å²) in [7, 11) is 0. The van der Waals surface area contributed by atoms with Crippen molar-refractivity contribution in [3.63, 3.8) is 0 Å². The average molecular weight is 275 g/mol. The van der Waals surface area contributed by atoms with E-state index in [1.165, 1.54) is 0 Å². The fourth-order valence-corrected chi connectivity index (χ4v) is 2.79. The normalized spacial score (nSPS) is 16.6. The highest BCUT2D eigenvalue weighted by Crippen LogP contribution is 2.36. The zero-order valence-corrected chi connectivity index (χ0v) is 11.2. The number of nitrogens with zero attached hydrogens (tertiary/aromatic N) is 1. The summed E-state index contributed by atoms with van der Waals surface area (Å²) in [4.78, 5) is 12.1. The van der Waals surface area contributed by atoms with Crippen LogP contribution in [0.1, 0.15) is 27.7 Å². The van der Waals surface area contributed by atoms with Crippen molar-refractivity contribution in [3.05, 3.63) is 77.5 Å². The Balaban J connectivity index is 1.88. The number of rotatable bonds is 2. The summed E-state index contributed by atoms with van der Waals surface area (Å²) in [6.07, 6.45) is 0. The van der Waals surface area contributed by atoms with E-state index >= 15 is 0 Å². The Morgan fingerprint density at radius 1 is 0.905 bits per heavy atom. The van der Waals surface area contributed by atoms with Gasteiger partial charge in [0.1, 0.15) is 5.69 Å². The van der Waals surface area contributed by atoms with Crippen molar-refractivity contribution in [2.45, 2.75) is 6.04 Å².